The second-order valence-electron chi connectivity index (χ2n) is 5.17. The second kappa shape index (κ2) is 5.61. The normalized spacial score (nSPS) is 15.2. The molecule has 0 radical (unpaired) electrons. The van der Waals surface area contributed by atoms with Crippen LogP contribution in [0.15, 0.2) is 17.0 Å². The maximum absolute atomic E-state index is 12.6. The molecule has 0 atom stereocenters. The molecule has 1 fully saturated rings. The number of nitro benzene ring substituents is 1. The van der Waals surface area contributed by atoms with Crippen LogP contribution >= 0.6 is 0 Å². The molecule has 0 amide bonds. The maximum Gasteiger partial charge on any atom is 0.293 e. The average molecular weight is 313 g/mol. The molecule has 0 aromatic heterocycles. The van der Waals surface area contributed by atoms with Crippen LogP contribution < -0.4 is 5.32 Å². The molecule has 0 bridgehead atoms. The number of hydrogen-bond acceptors (Lipinski definition) is 5. The van der Waals surface area contributed by atoms with Crippen LogP contribution in [0.25, 0.3) is 0 Å². The summed E-state index contributed by atoms with van der Waals surface area (Å²) in [5.74, 6) is 0. The van der Waals surface area contributed by atoms with Gasteiger partial charge in [0.25, 0.3) is 5.69 Å². The molecule has 0 aliphatic heterocycles. The summed E-state index contributed by atoms with van der Waals surface area (Å²) in [7, 11) is -2.17. The van der Waals surface area contributed by atoms with E-state index >= 15 is 0 Å². The van der Waals surface area contributed by atoms with Gasteiger partial charge in [-0.3, -0.25) is 10.1 Å². The molecular weight excluding hydrogens is 294 g/mol. The molecule has 116 valence electrons. The second-order valence-corrected chi connectivity index (χ2v) is 7.14. The predicted molar refractivity (Wildman–Crippen MR) is 80.0 cm³/mol. The lowest BCUT2D eigenvalue weighted by Crippen LogP contribution is -2.29. The van der Waals surface area contributed by atoms with Crippen molar-refractivity contribution in [2.75, 3.05) is 18.9 Å². The summed E-state index contributed by atoms with van der Waals surface area (Å²) < 4.78 is 26.4. The number of sulfonamides is 1. The summed E-state index contributed by atoms with van der Waals surface area (Å²) >= 11 is 0. The number of nitro groups is 1. The van der Waals surface area contributed by atoms with E-state index in [4.69, 9.17) is 0 Å². The van der Waals surface area contributed by atoms with Gasteiger partial charge in [0.1, 0.15) is 5.69 Å². The average Bonchev–Trinajstić information content (AvgIpc) is 3.21. The fourth-order valence-corrected chi connectivity index (χ4v) is 3.87. The van der Waals surface area contributed by atoms with Gasteiger partial charge in [-0.15, -0.1) is 0 Å². The first-order valence-electron chi connectivity index (χ1n) is 6.80. The summed E-state index contributed by atoms with van der Waals surface area (Å²) in [4.78, 5) is 10.6. The van der Waals surface area contributed by atoms with Crippen LogP contribution in [0, 0.1) is 17.0 Å². The highest BCUT2D eigenvalue weighted by Crippen LogP contribution is 2.35. The van der Waals surface area contributed by atoms with Crippen molar-refractivity contribution in [1.29, 1.82) is 0 Å². The smallest absolute Gasteiger partial charge is 0.293 e. The van der Waals surface area contributed by atoms with E-state index in [-0.39, 0.29) is 16.6 Å². The molecule has 1 aliphatic rings. The highest BCUT2D eigenvalue weighted by atomic mass is 32.2. The van der Waals surface area contributed by atoms with E-state index < -0.39 is 14.9 Å². The molecule has 2 rings (SSSR count). The Morgan fingerprint density at radius 3 is 2.52 bits per heavy atom. The summed E-state index contributed by atoms with van der Waals surface area (Å²) in [5.41, 5.74) is 0.627. The van der Waals surface area contributed by atoms with Crippen molar-refractivity contribution in [3.05, 3.63) is 27.8 Å². The van der Waals surface area contributed by atoms with Gasteiger partial charge in [0.15, 0.2) is 0 Å². The van der Waals surface area contributed by atoms with Gasteiger partial charge >= 0.3 is 0 Å². The fraction of sp³-hybridized carbons (Fsp3) is 0.538. The zero-order valence-corrected chi connectivity index (χ0v) is 13.1. The minimum atomic E-state index is -3.69. The number of anilines is 1. The van der Waals surface area contributed by atoms with Gasteiger partial charge in [0, 0.05) is 25.7 Å². The zero-order chi connectivity index (χ0) is 15.8. The molecular formula is C13H19N3O4S. The molecule has 1 aliphatic carbocycles. The van der Waals surface area contributed by atoms with E-state index in [1.54, 1.807) is 6.92 Å². The number of benzene rings is 1. The number of hydrogen-bond donors (Lipinski definition) is 1. The summed E-state index contributed by atoms with van der Waals surface area (Å²) in [6.45, 7) is 4.00. The Hall–Kier alpha value is -1.67. The van der Waals surface area contributed by atoms with Crippen molar-refractivity contribution in [2.45, 2.75) is 37.6 Å². The third-order valence-corrected chi connectivity index (χ3v) is 5.63. The zero-order valence-electron chi connectivity index (χ0n) is 12.3. The van der Waals surface area contributed by atoms with Gasteiger partial charge < -0.3 is 5.32 Å². The van der Waals surface area contributed by atoms with Crippen molar-refractivity contribution < 1.29 is 13.3 Å². The lowest BCUT2D eigenvalue weighted by molar-refractivity contribution is -0.384. The van der Waals surface area contributed by atoms with Crippen LogP contribution in [-0.2, 0) is 10.0 Å². The number of nitrogens with one attached hydrogen (secondary N) is 1. The Bertz CT molecular complexity index is 668. The van der Waals surface area contributed by atoms with Crippen LogP contribution in [0.4, 0.5) is 11.4 Å². The van der Waals surface area contributed by atoms with Crippen LogP contribution in [-0.4, -0.2) is 37.3 Å². The van der Waals surface area contributed by atoms with Crippen molar-refractivity contribution >= 4 is 21.4 Å². The minimum Gasteiger partial charge on any atom is -0.380 e. The molecule has 1 aromatic rings. The minimum absolute atomic E-state index is 0.00486. The molecule has 21 heavy (non-hydrogen) atoms. The number of aryl methyl sites for hydroxylation is 1. The number of nitrogens with zero attached hydrogens (tertiary/aromatic N) is 2. The molecule has 0 spiro atoms. The van der Waals surface area contributed by atoms with Crippen molar-refractivity contribution in [1.82, 2.24) is 4.31 Å². The molecule has 1 aromatic carbocycles. The SMILES string of the molecule is CCNc1cc(C)c(S(=O)(=O)N(C)C2CC2)cc1[N+](=O)[O-]. The molecule has 1 saturated carbocycles. The van der Waals surface area contributed by atoms with E-state index in [2.05, 4.69) is 5.32 Å². The molecule has 7 nitrogen and oxygen atoms in total. The van der Waals surface area contributed by atoms with E-state index in [1.807, 2.05) is 6.92 Å². The summed E-state index contributed by atoms with van der Waals surface area (Å²) in [6.07, 6.45) is 1.68. The third kappa shape index (κ3) is 3.01. The first-order valence-corrected chi connectivity index (χ1v) is 8.24. The Kier molecular flexibility index (Phi) is 4.20. The molecule has 0 heterocycles. The highest BCUT2D eigenvalue weighted by molar-refractivity contribution is 7.89. The molecule has 8 heteroatoms. The Balaban J connectivity index is 2.53. The maximum atomic E-state index is 12.6. The fourth-order valence-electron chi connectivity index (χ4n) is 2.23. The topological polar surface area (TPSA) is 92.6 Å². The Labute approximate surface area is 124 Å². The van der Waals surface area contributed by atoms with Gasteiger partial charge in [0.05, 0.1) is 9.82 Å². The van der Waals surface area contributed by atoms with Crippen LogP contribution in [0.5, 0.6) is 0 Å². The third-order valence-electron chi connectivity index (χ3n) is 3.58. The lowest BCUT2D eigenvalue weighted by atomic mass is 10.2. The lowest BCUT2D eigenvalue weighted by Gasteiger charge is -2.18. The first-order chi connectivity index (χ1) is 9.78. The van der Waals surface area contributed by atoms with E-state index in [0.717, 1.165) is 18.9 Å². The van der Waals surface area contributed by atoms with Crippen molar-refractivity contribution in [3.8, 4) is 0 Å². The largest absolute Gasteiger partial charge is 0.380 e. The highest BCUT2D eigenvalue weighted by Gasteiger charge is 2.36. The van der Waals surface area contributed by atoms with Gasteiger partial charge in [-0.1, -0.05) is 0 Å². The standard InChI is InChI=1S/C13H19N3O4S/c1-4-14-11-7-9(2)13(8-12(11)16(17)18)21(19,20)15(3)10-5-6-10/h7-8,10,14H,4-6H2,1-3H3. The van der Waals surface area contributed by atoms with Gasteiger partial charge in [0.2, 0.25) is 10.0 Å². The monoisotopic (exact) mass is 313 g/mol. The number of rotatable bonds is 6. The van der Waals surface area contributed by atoms with Crippen LogP contribution in [0.3, 0.4) is 0 Å². The van der Waals surface area contributed by atoms with Crippen LogP contribution in [0.2, 0.25) is 0 Å². The summed E-state index contributed by atoms with van der Waals surface area (Å²) in [5, 5.41) is 14.1. The van der Waals surface area contributed by atoms with E-state index in [1.165, 1.54) is 17.4 Å². The van der Waals surface area contributed by atoms with Crippen molar-refractivity contribution in [3.63, 3.8) is 0 Å². The van der Waals surface area contributed by atoms with E-state index in [0.29, 0.717) is 17.8 Å². The summed E-state index contributed by atoms with van der Waals surface area (Å²) in [6, 6.07) is 2.69. The Morgan fingerprint density at radius 2 is 2.05 bits per heavy atom. The van der Waals surface area contributed by atoms with E-state index in [9.17, 15) is 18.5 Å². The van der Waals surface area contributed by atoms with Gasteiger partial charge in [-0.2, -0.15) is 4.31 Å². The first kappa shape index (κ1) is 15.7. The quantitative estimate of drug-likeness (QED) is 0.641. The molecule has 0 unspecified atom stereocenters. The van der Waals surface area contributed by atoms with Crippen LogP contribution in [0.1, 0.15) is 25.3 Å². The van der Waals surface area contributed by atoms with Crippen molar-refractivity contribution in [2.24, 2.45) is 0 Å². The Morgan fingerprint density at radius 1 is 1.43 bits per heavy atom. The predicted octanol–water partition coefficient (Wildman–Crippen LogP) is 2.12. The molecule has 0 saturated heterocycles. The van der Waals surface area contributed by atoms with Gasteiger partial charge in [-0.05, 0) is 38.3 Å². The van der Waals surface area contributed by atoms with Gasteiger partial charge in [-0.25, -0.2) is 8.42 Å². The molecule has 1 N–H and O–H groups in total.